The van der Waals surface area contributed by atoms with E-state index in [2.05, 4.69) is 5.10 Å². The average molecular weight is 230 g/mol. The molecule has 0 aliphatic rings. The van der Waals surface area contributed by atoms with Crippen LogP contribution in [0.3, 0.4) is 0 Å². The molecule has 1 heterocycles. The standard InChI is InChI=1S/C12H14N4O/c1-16-6-5-10(15-16)8-17-11-4-2-3-9(7-11)12(13)14/h2-7H,8H2,1H3,(H3,13,14). The Hall–Kier alpha value is -2.30. The molecule has 0 radical (unpaired) electrons. The van der Waals surface area contributed by atoms with Gasteiger partial charge in [-0.05, 0) is 18.2 Å². The molecule has 0 saturated heterocycles. The molecule has 5 nitrogen and oxygen atoms in total. The number of hydrogen-bond acceptors (Lipinski definition) is 3. The molecule has 3 N–H and O–H groups in total. The third-order valence-corrected chi connectivity index (χ3v) is 2.30. The van der Waals surface area contributed by atoms with Crippen LogP contribution in [0, 0.1) is 5.41 Å². The first kappa shape index (κ1) is 11.2. The van der Waals surface area contributed by atoms with E-state index in [1.807, 2.05) is 31.4 Å². The van der Waals surface area contributed by atoms with Gasteiger partial charge in [-0.15, -0.1) is 0 Å². The fourth-order valence-corrected chi connectivity index (χ4v) is 1.45. The van der Waals surface area contributed by atoms with E-state index >= 15 is 0 Å². The molecule has 0 saturated carbocycles. The maximum absolute atomic E-state index is 7.34. The molecule has 0 aliphatic carbocycles. The van der Waals surface area contributed by atoms with Gasteiger partial charge in [0, 0.05) is 18.8 Å². The Balaban J connectivity index is 2.04. The van der Waals surface area contributed by atoms with Gasteiger partial charge in [0.25, 0.3) is 0 Å². The van der Waals surface area contributed by atoms with Crippen molar-refractivity contribution in [3.63, 3.8) is 0 Å². The van der Waals surface area contributed by atoms with Gasteiger partial charge < -0.3 is 10.5 Å². The fraction of sp³-hybridized carbons (Fsp3) is 0.167. The van der Waals surface area contributed by atoms with E-state index in [1.165, 1.54) is 0 Å². The second-order valence-electron chi connectivity index (χ2n) is 3.71. The lowest BCUT2D eigenvalue weighted by Crippen LogP contribution is -2.10. The summed E-state index contributed by atoms with van der Waals surface area (Å²) in [5, 5.41) is 11.5. The maximum atomic E-state index is 7.34. The quantitative estimate of drug-likeness (QED) is 0.613. The normalized spacial score (nSPS) is 10.2. The third kappa shape index (κ3) is 2.84. The molecule has 0 fully saturated rings. The first-order valence-corrected chi connectivity index (χ1v) is 5.21. The molecule has 2 rings (SSSR count). The Morgan fingerprint density at radius 1 is 1.47 bits per heavy atom. The largest absolute Gasteiger partial charge is 0.487 e. The van der Waals surface area contributed by atoms with Crippen molar-refractivity contribution < 1.29 is 4.74 Å². The van der Waals surface area contributed by atoms with Crippen LogP contribution in [-0.4, -0.2) is 15.6 Å². The van der Waals surface area contributed by atoms with Crippen molar-refractivity contribution >= 4 is 5.84 Å². The molecular formula is C12H14N4O. The highest BCUT2D eigenvalue weighted by molar-refractivity contribution is 5.95. The first-order valence-electron chi connectivity index (χ1n) is 5.21. The zero-order chi connectivity index (χ0) is 12.3. The Morgan fingerprint density at radius 3 is 2.94 bits per heavy atom. The Bertz CT molecular complexity index is 533. The lowest BCUT2D eigenvalue weighted by molar-refractivity contribution is 0.300. The van der Waals surface area contributed by atoms with Crippen molar-refractivity contribution in [2.75, 3.05) is 0 Å². The molecule has 0 spiro atoms. The molecule has 1 aromatic carbocycles. The number of aromatic nitrogens is 2. The fourth-order valence-electron chi connectivity index (χ4n) is 1.45. The monoisotopic (exact) mass is 230 g/mol. The number of rotatable bonds is 4. The van der Waals surface area contributed by atoms with Crippen molar-refractivity contribution in [1.82, 2.24) is 9.78 Å². The van der Waals surface area contributed by atoms with Gasteiger partial charge in [-0.25, -0.2) is 0 Å². The van der Waals surface area contributed by atoms with Crippen LogP contribution < -0.4 is 10.5 Å². The zero-order valence-corrected chi connectivity index (χ0v) is 9.55. The summed E-state index contributed by atoms with van der Waals surface area (Å²) in [7, 11) is 1.86. The van der Waals surface area contributed by atoms with Gasteiger partial charge in [-0.2, -0.15) is 5.10 Å². The van der Waals surface area contributed by atoms with E-state index in [1.54, 1.807) is 16.8 Å². The molecule has 0 unspecified atom stereocenters. The van der Waals surface area contributed by atoms with E-state index in [0.29, 0.717) is 17.9 Å². The van der Waals surface area contributed by atoms with Crippen LogP contribution in [0.15, 0.2) is 36.5 Å². The van der Waals surface area contributed by atoms with E-state index in [-0.39, 0.29) is 5.84 Å². The molecular weight excluding hydrogens is 216 g/mol. The summed E-state index contributed by atoms with van der Waals surface area (Å²) in [5.74, 6) is 0.719. The SMILES string of the molecule is Cn1ccc(COc2cccc(C(=N)N)c2)n1. The number of nitrogens with two attached hydrogens (primary N) is 1. The predicted octanol–water partition coefficient (Wildman–Crippen LogP) is 1.28. The van der Waals surface area contributed by atoms with Crippen molar-refractivity contribution in [3.05, 3.63) is 47.8 Å². The summed E-state index contributed by atoms with van der Waals surface area (Å²) >= 11 is 0. The number of amidine groups is 1. The highest BCUT2D eigenvalue weighted by Crippen LogP contribution is 2.14. The van der Waals surface area contributed by atoms with E-state index in [9.17, 15) is 0 Å². The van der Waals surface area contributed by atoms with Crippen molar-refractivity contribution in [3.8, 4) is 5.75 Å². The Kier molecular flexibility index (Phi) is 3.09. The van der Waals surface area contributed by atoms with Gasteiger partial charge in [-0.3, -0.25) is 10.1 Å². The second kappa shape index (κ2) is 4.69. The number of ether oxygens (including phenoxy) is 1. The molecule has 0 aliphatic heterocycles. The van der Waals surface area contributed by atoms with E-state index < -0.39 is 0 Å². The summed E-state index contributed by atoms with van der Waals surface area (Å²) in [6.45, 7) is 0.405. The minimum atomic E-state index is 0.0355. The summed E-state index contributed by atoms with van der Waals surface area (Å²) in [5.41, 5.74) is 6.92. The van der Waals surface area contributed by atoms with E-state index in [4.69, 9.17) is 15.9 Å². The minimum Gasteiger partial charge on any atom is -0.487 e. The van der Waals surface area contributed by atoms with Gasteiger partial charge >= 0.3 is 0 Å². The van der Waals surface area contributed by atoms with Crippen LogP contribution in [0.5, 0.6) is 5.75 Å². The maximum Gasteiger partial charge on any atom is 0.132 e. The van der Waals surface area contributed by atoms with Crippen molar-refractivity contribution in [2.45, 2.75) is 6.61 Å². The topological polar surface area (TPSA) is 76.9 Å². The Labute approximate surface area is 99.3 Å². The van der Waals surface area contributed by atoms with Gasteiger partial charge in [0.1, 0.15) is 18.2 Å². The van der Waals surface area contributed by atoms with Crippen LogP contribution in [0.1, 0.15) is 11.3 Å². The van der Waals surface area contributed by atoms with Crippen LogP contribution in [0.4, 0.5) is 0 Å². The number of nitrogens with zero attached hydrogens (tertiary/aromatic N) is 2. The summed E-state index contributed by atoms with van der Waals surface area (Å²) in [6.07, 6.45) is 1.87. The number of aryl methyl sites for hydroxylation is 1. The molecule has 5 heteroatoms. The Morgan fingerprint density at radius 2 is 2.29 bits per heavy atom. The van der Waals surface area contributed by atoms with Crippen molar-refractivity contribution in [2.24, 2.45) is 12.8 Å². The third-order valence-electron chi connectivity index (χ3n) is 2.30. The number of nitrogen functional groups attached to an aromatic ring is 1. The van der Waals surface area contributed by atoms with Gasteiger partial charge in [-0.1, -0.05) is 12.1 Å². The van der Waals surface area contributed by atoms with Gasteiger partial charge in [0.2, 0.25) is 0 Å². The molecule has 1 aromatic heterocycles. The lowest BCUT2D eigenvalue weighted by atomic mass is 10.2. The van der Waals surface area contributed by atoms with Crippen LogP contribution in [0.2, 0.25) is 0 Å². The van der Waals surface area contributed by atoms with Crippen molar-refractivity contribution in [1.29, 1.82) is 5.41 Å². The first-order chi connectivity index (χ1) is 8.15. The molecule has 0 bridgehead atoms. The summed E-state index contributed by atoms with van der Waals surface area (Å²) < 4.78 is 7.30. The van der Waals surface area contributed by atoms with Crippen LogP contribution in [0.25, 0.3) is 0 Å². The molecule has 88 valence electrons. The highest BCUT2D eigenvalue weighted by atomic mass is 16.5. The highest BCUT2D eigenvalue weighted by Gasteiger charge is 2.01. The van der Waals surface area contributed by atoms with E-state index in [0.717, 1.165) is 5.69 Å². The minimum absolute atomic E-state index is 0.0355. The molecule has 0 amide bonds. The average Bonchev–Trinajstić information content (AvgIpc) is 2.73. The van der Waals surface area contributed by atoms with Gasteiger partial charge in [0.15, 0.2) is 0 Å². The lowest BCUT2D eigenvalue weighted by Gasteiger charge is -2.05. The number of hydrogen-bond donors (Lipinski definition) is 2. The number of nitrogens with one attached hydrogen (secondary N) is 1. The molecule has 0 atom stereocenters. The van der Waals surface area contributed by atoms with Crippen LogP contribution in [-0.2, 0) is 13.7 Å². The second-order valence-corrected chi connectivity index (χ2v) is 3.71. The summed E-state index contributed by atoms with van der Waals surface area (Å²) in [6, 6.07) is 9.05. The molecule has 17 heavy (non-hydrogen) atoms. The molecule has 2 aromatic rings. The zero-order valence-electron chi connectivity index (χ0n) is 9.55. The van der Waals surface area contributed by atoms with Crippen LogP contribution >= 0.6 is 0 Å². The summed E-state index contributed by atoms with van der Waals surface area (Å²) in [4.78, 5) is 0. The smallest absolute Gasteiger partial charge is 0.132 e. The predicted molar refractivity (Wildman–Crippen MR) is 65.0 cm³/mol. The number of benzene rings is 1. The van der Waals surface area contributed by atoms with Gasteiger partial charge in [0.05, 0.1) is 5.69 Å².